The highest BCUT2D eigenvalue weighted by molar-refractivity contribution is 5.90. The van der Waals surface area contributed by atoms with Crippen LogP contribution in [0.2, 0.25) is 0 Å². The van der Waals surface area contributed by atoms with Gasteiger partial charge in [-0.25, -0.2) is 8.78 Å². The van der Waals surface area contributed by atoms with E-state index in [-0.39, 0.29) is 18.0 Å². The van der Waals surface area contributed by atoms with Crippen LogP contribution >= 0.6 is 0 Å². The van der Waals surface area contributed by atoms with Gasteiger partial charge in [0.2, 0.25) is 5.91 Å². The highest BCUT2D eigenvalue weighted by Crippen LogP contribution is 2.15. The van der Waals surface area contributed by atoms with Gasteiger partial charge in [0.1, 0.15) is 5.75 Å². The maximum Gasteiger partial charge on any atom is 0.224 e. The van der Waals surface area contributed by atoms with E-state index in [1.807, 2.05) is 24.3 Å². The molecule has 0 aliphatic heterocycles. The van der Waals surface area contributed by atoms with Gasteiger partial charge in [-0.1, -0.05) is 12.1 Å². The van der Waals surface area contributed by atoms with Crippen LogP contribution in [-0.2, 0) is 11.2 Å². The average Bonchev–Trinajstić information content (AvgIpc) is 2.49. The Morgan fingerprint density at radius 3 is 2.43 bits per heavy atom. The van der Waals surface area contributed by atoms with Crippen molar-refractivity contribution in [2.75, 3.05) is 12.4 Å². The number of hydrogen-bond acceptors (Lipinski definition) is 2. The summed E-state index contributed by atoms with van der Waals surface area (Å²) in [5, 5.41) is 2.53. The normalized spacial score (nSPS) is 10.2. The minimum atomic E-state index is -0.983. The van der Waals surface area contributed by atoms with E-state index in [1.54, 1.807) is 7.11 Å². The van der Waals surface area contributed by atoms with E-state index in [9.17, 15) is 13.6 Å². The van der Waals surface area contributed by atoms with Gasteiger partial charge in [-0.05, 0) is 36.2 Å². The summed E-state index contributed by atoms with van der Waals surface area (Å²) in [5.41, 5.74) is 1.24. The van der Waals surface area contributed by atoms with Crippen LogP contribution < -0.4 is 10.1 Å². The molecule has 5 heteroatoms. The lowest BCUT2D eigenvalue weighted by molar-refractivity contribution is -0.116. The van der Waals surface area contributed by atoms with E-state index in [4.69, 9.17) is 4.74 Å². The van der Waals surface area contributed by atoms with Gasteiger partial charge in [0.05, 0.1) is 7.11 Å². The van der Waals surface area contributed by atoms with Crippen LogP contribution in [0.25, 0.3) is 0 Å². The van der Waals surface area contributed by atoms with Crippen molar-refractivity contribution < 1.29 is 18.3 Å². The Bertz CT molecular complexity index is 627. The predicted octanol–water partition coefficient (Wildman–Crippen LogP) is 3.54. The first-order valence-electron chi connectivity index (χ1n) is 6.46. The Morgan fingerprint density at radius 1 is 1.10 bits per heavy atom. The van der Waals surface area contributed by atoms with E-state index in [1.165, 1.54) is 6.07 Å². The molecule has 0 heterocycles. The number of amides is 1. The maximum absolute atomic E-state index is 13.0. The van der Waals surface area contributed by atoms with Crippen molar-refractivity contribution in [1.29, 1.82) is 0 Å². The second-order valence-electron chi connectivity index (χ2n) is 4.53. The van der Waals surface area contributed by atoms with Crippen LogP contribution in [0, 0.1) is 11.6 Å². The zero-order chi connectivity index (χ0) is 15.2. The summed E-state index contributed by atoms with van der Waals surface area (Å²) in [4.78, 5) is 11.8. The summed E-state index contributed by atoms with van der Waals surface area (Å²) in [7, 11) is 1.59. The molecule has 0 saturated heterocycles. The van der Waals surface area contributed by atoms with Crippen molar-refractivity contribution in [3.8, 4) is 5.75 Å². The fourth-order valence-corrected chi connectivity index (χ4v) is 1.85. The van der Waals surface area contributed by atoms with Crippen molar-refractivity contribution in [3.05, 3.63) is 59.7 Å². The lowest BCUT2D eigenvalue weighted by atomic mass is 10.1. The molecule has 1 N–H and O–H groups in total. The van der Waals surface area contributed by atoms with Crippen molar-refractivity contribution in [2.24, 2.45) is 0 Å². The summed E-state index contributed by atoms with van der Waals surface area (Å²) in [6.07, 6.45) is 0.810. The molecule has 0 unspecified atom stereocenters. The first-order chi connectivity index (χ1) is 10.1. The summed E-state index contributed by atoms with van der Waals surface area (Å²) >= 11 is 0. The number of aryl methyl sites for hydroxylation is 1. The molecule has 110 valence electrons. The van der Waals surface area contributed by atoms with E-state index in [2.05, 4.69) is 5.32 Å². The van der Waals surface area contributed by atoms with Crippen LogP contribution in [0.1, 0.15) is 12.0 Å². The molecule has 1 amide bonds. The van der Waals surface area contributed by atoms with E-state index in [0.29, 0.717) is 6.42 Å². The Morgan fingerprint density at radius 2 is 1.81 bits per heavy atom. The quantitative estimate of drug-likeness (QED) is 0.915. The first-order valence-corrected chi connectivity index (χ1v) is 6.46. The van der Waals surface area contributed by atoms with Gasteiger partial charge in [-0.15, -0.1) is 0 Å². The monoisotopic (exact) mass is 291 g/mol. The standard InChI is InChI=1S/C16H15F2NO2/c1-21-13-6-2-11(3-7-13)4-9-16(20)19-12-5-8-14(17)15(18)10-12/h2-3,5-8,10H,4,9H2,1H3,(H,19,20). The highest BCUT2D eigenvalue weighted by Gasteiger charge is 2.06. The smallest absolute Gasteiger partial charge is 0.224 e. The molecule has 0 fully saturated rings. The summed E-state index contributed by atoms with van der Waals surface area (Å²) < 4.78 is 30.8. The molecule has 2 rings (SSSR count). The molecule has 0 atom stereocenters. The number of carbonyl (C=O) groups excluding carboxylic acids is 1. The molecular weight excluding hydrogens is 276 g/mol. The SMILES string of the molecule is COc1ccc(CCC(=O)Nc2ccc(F)c(F)c2)cc1. The van der Waals surface area contributed by atoms with Crippen molar-refractivity contribution in [1.82, 2.24) is 0 Å². The number of nitrogens with one attached hydrogen (secondary N) is 1. The Labute approximate surface area is 121 Å². The number of carbonyl (C=O) groups is 1. The van der Waals surface area contributed by atoms with Crippen LogP contribution in [0.5, 0.6) is 5.75 Å². The number of methoxy groups -OCH3 is 1. The second kappa shape index (κ2) is 6.83. The summed E-state index contributed by atoms with van der Waals surface area (Å²) in [6, 6.07) is 10.7. The minimum Gasteiger partial charge on any atom is -0.497 e. The van der Waals surface area contributed by atoms with Gasteiger partial charge < -0.3 is 10.1 Å². The molecular formula is C16H15F2NO2. The zero-order valence-corrected chi connectivity index (χ0v) is 11.5. The van der Waals surface area contributed by atoms with Crippen molar-refractivity contribution in [2.45, 2.75) is 12.8 Å². The number of halogens is 2. The fourth-order valence-electron chi connectivity index (χ4n) is 1.85. The van der Waals surface area contributed by atoms with Crippen LogP contribution in [0.3, 0.4) is 0 Å². The molecule has 0 bridgehead atoms. The Kier molecular flexibility index (Phi) is 4.87. The Balaban J connectivity index is 1.87. The van der Waals surface area contributed by atoms with Gasteiger partial charge in [-0.2, -0.15) is 0 Å². The highest BCUT2D eigenvalue weighted by atomic mass is 19.2. The third-order valence-electron chi connectivity index (χ3n) is 3.00. The number of benzene rings is 2. The molecule has 0 radical (unpaired) electrons. The van der Waals surface area contributed by atoms with E-state index >= 15 is 0 Å². The molecule has 21 heavy (non-hydrogen) atoms. The lowest BCUT2D eigenvalue weighted by Gasteiger charge is -2.06. The second-order valence-corrected chi connectivity index (χ2v) is 4.53. The average molecular weight is 291 g/mol. The molecule has 3 nitrogen and oxygen atoms in total. The van der Waals surface area contributed by atoms with Gasteiger partial charge in [0, 0.05) is 18.2 Å². The maximum atomic E-state index is 13.0. The third-order valence-corrected chi connectivity index (χ3v) is 3.00. The van der Waals surface area contributed by atoms with Crippen molar-refractivity contribution in [3.63, 3.8) is 0 Å². The first kappa shape index (κ1) is 15.0. The lowest BCUT2D eigenvalue weighted by Crippen LogP contribution is -2.12. The summed E-state index contributed by atoms with van der Waals surface area (Å²) in [6.45, 7) is 0. The van der Waals surface area contributed by atoms with Gasteiger partial charge in [0.15, 0.2) is 11.6 Å². The number of rotatable bonds is 5. The van der Waals surface area contributed by atoms with Crippen molar-refractivity contribution >= 4 is 11.6 Å². The molecule has 2 aromatic rings. The molecule has 2 aromatic carbocycles. The molecule has 0 aliphatic carbocycles. The zero-order valence-electron chi connectivity index (χ0n) is 11.5. The number of ether oxygens (including phenoxy) is 1. The molecule has 0 saturated carbocycles. The fraction of sp³-hybridized carbons (Fsp3) is 0.188. The molecule has 0 aromatic heterocycles. The van der Waals surface area contributed by atoms with Crippen LogP contribution in [-0.4, -0.2) is 13.0 Å². The van der Waals surface area contributed by atoms with Crippen LogP contribution in [0.4, 0.5) is 14.5 Å². The summed E-state index contributed by atoms with van der Waals surface area (Å²) in [5.74, 6) is -1.42. The van der Waals surface area contributed by atoms with Crippen LogP contribution in [0.15, 0.2) is 42.5 Å². The van der Waals surface area contributed by atoms with Gasteiger partial charge in [0.25, 0.3) is 0 Å². The minimum absolute atomic E-state index is 0.244. The molecule has 0 aliphatic rings. The predicted molar refractivity (Wildman–Crippen MR) is 76.3 cm³/mol. The molecule has 0 spiro atoms. The van der Waals surface area contributed by atoms with E-state index < -0.39 is 11.6 Å². The largest absolute Gasteiger partial charge is 0.497 e. The number of hydrogen-bond donors (Lipinski definition) is 1. The van der Waals surface area contributed by atoms with Gasteiger partial charge in [-0.3, -0.25) is 4.79 Å². The number of anilines is 1. The topological polar surface area (TPSA) is 38.3 Å². The Hall–Kier alpha value is -2.43. The third kappa shape index (κ3) is 4.27. The van der Waals surface area contributed by atoms with Gasteiger partial charge >= 0.3 is 0 Å². The van der Waals surface area contributed by atoms with E-state index in [0.717, 1.165) is 23.4 Å².